The van der Waals surface area contributed by atoms with E-state index in [1.54, 1.807) is 36.1 Å². The summed E-state index contributed by atoms with van der Waals surface area (Å²) >= 11 is 2.63. The molecule has 0 aromatic carbocycles. The smallest absolute Gasteiger partial charge is 0.350 e. The lowest BCUT2D eigenvalue weighted by Crippen LogP contribution is -2.13. The Hall–Kier alpha value is -3.11. The highest BCUT2D eigenvalue weighted by Gasteiger charge is 2.22. The number of aryl methyl sites for hydroxylation is 3. The standard InChI is InChI=1S/C19H17N5O3S2/c1-9-14-11(17(25)22-19-20-10(2)15(29-19)18(26)27-4)8-12(13-6-5-7-28-13)21-16(14)24(3)23-9/h5-8H,1-4H3,(H,20,22,25). The van der Waals surface area contributed by atoms with Gasteiger partial charge in [-0.1, -0.05) is 17.4 Å². The molecule has 1 amide bonds. The molecule has 0 aliphatic carbocycles. The highest BCUT2D eigenvalue weighted by Crippen LogP contribution is 2.30. The SMILES string of the molecule is COC(=O)c1sc(NC(=O)c2cc(-c3cccs3)nc3c2c(C)nn3C)nc1C. The first-order chi connectivity index (χ1) is 13.9. The molecule has 4 rings (SSSR count). The summed E-state index contributed by atoms with van der Waals surface area (Å²) in [7, 11) is 3.11. The summed E-state index contributed by atoms with van der Waals surface area (Å²) in [6.45, 7) is 3.54. The van der Waals surface area contributed by atoms with Crippen LogP contribution in [-0.4, -0.2) is 38.7 Å². The van der Waals surface area contributed by atoms with Crippen molar-refractivity contribution in [2.75, 3.05) is 12.4 Å². The number of methoxy groups -OCH3 is 1. The van der Waals surface area contributed by atoms with Crippen molar-refractivity contribution >= 4 is 50.7 Å². The van der Waals surface area contributed by atoms with Gasteiger partial charge in [0.15, 0.2) is 10.8 Å². The Morgan fingerprint density at radius 3 is 2.69 bits per heavy atom. The number of esters is 1. The van der Waals surface area contributed by atoms with Crippen molar-refractivity contribution in [2.45, 2.75) is 13.8 Å². The molecule has 0 aliphatic heterocycles. The zero-order chi connectivity index (χ0) is 20.7. The molecule has 148 valence electrons. The number of fused-ring (bicyclic) bond motifs is 1. The second kappa shape index (κ2) is 7.37. The van der Waals surface area contributed by atoms with Gasteiger partial charge in [-0.3, -0.25) is 14.8 Å². The topological polar surface area (TPSA) is 99.0 Å². The van der Waals surface area contributed by atoms with Gasteiger partial charge in [0.25, 0.3) is 5.91 Å². The fourth-order valence-electron chi connectivity index (χ4n) is 3.07. The molecule has 4 aromatic rings. The first-order valence-corrected chi connectivity index (χ1v) is 10.3. The third-order valence-corrected chi connectivity index (χ3v) is 6.32. The minimum atomic E-state index is -0.477. The Morgan fingerprint density at radius 1 is 1.21 bits per heavy atom. The Labute approximate surface area is 174 Å². The normalized spacial score (nSPS) is 11.0. The molecule has 8 nitrogen and oxygen atoms in total. The summed E-state index contributed by atoms with van der Waals surface area (Å²) in [6, 6.07) is 5.66. The Balaban J connectivity index is 1.78. The zero-order valence-electron chi connectivity index (χ0n) is 16.1. The number of amides is 1. The summed E-state index contributed by atoms with van der Waals surface area (Å²) in [5.41, 5.74) is 3.00. The third kappa shape index (κ3) is 3.40. The molecule has 4 heterocycles. The van der Waals surface area contributed by atoms with E-state index in [0.717, 1.165) is 16.2 Å². The second-order valence-corrected chi connectivity index (χ2v) is 8.27. The van der Waals surface area contributed by atoms with Gasteiger partial charge in [0.1, 0.15) is 4.88 Å². The van der Waals surface area contributed by atoms with E-state index >= 15 is 0 Å². The van der Waals surface area contributed by atoms with Gasteiger partial charge in [0.2, 0.25) is 0 Å². The quantitative estimate of drug-likeness (QED) is 0.497. The van der Waals surface area contributed by atoms with Gasteiger partial charge in [0.05, 0.1) is 40.0 Å². The molecule has 4 aromatic heterocycles. The van der Waals surface area contributed by atoms with Crippen molar-refractivity contribution in [2.24, 2.45) is 7.05 Å². The Morgan fingerprint density at radius 2 is 2.00 bits per heavy atom. The van der Waals surface area contributed by atoms with E-state index in [9.17, 15) is 9.59 Å². The van der Waals surface area contributed by atoms with Crippen LogP contribution in [0.2, 0.25) is 0 Å². The largest absolute Gasteiger partial charge is 0.465 e. The highest BCUT2D eigenvalue weighted by molar-refractivity contribution is 7.17. The molecular weight excluding hydrogens is 410 g/mol. The first kappa shape index (κ1) is 19.2. The Kier molecular flexibility index (Phi) is 4.89. The van der Waals surface area contributed by atoms with Crippen molar-refractivity contribution in [3.63, 3.8) is 0 Å². The molecule has 0 fully saturated rings. The number of hydrogen-bond donors (Lipinski definition) is 1. The van der Waals surface area contributed by atoms with Gasteiger partial charge < -0.3 is 4.74 Å². The van der Waals surface area contributed by atoms with Crippen molar-refractivity contribution in [3.05, 3.63) is 45.4 Å². The number of ether oxygens (including phenoxy) is 1. The van der Waals surface area contributed by atoms with Crippen LogP contribution in [0.15, 0.2) is 23.6 Å². The van der Waals surface area contributed by atoms with E-state index in [-0.39, 0.29) is 5.91 Å². The van der Waals surface area contributed by atoms with Crippen LogP contribution in [0.5, 0.6) is 0 Å². The molecule has 0 radical (unpaired) electrons. The van der Waals surface area contributed by atoms with Crippen LogP contribution >= 0.6 is 22.7 Å². The van der Waals surface area contributed by atoms with Crippen LogP contribution in [0, 0.1) is 13.8 Å². The average Bonchev–Trinajstić information content (AvgIpc) is 3.41. The summed E-state index contributed by atoms with van der Waals surface area (Å²) < 4.78 is 6.42. The van der Waals surface area contributed by atoms with Crippen molar-refractivity contribution in [3.8, 4) is 10.6 Å². The van der Waals surface area contributed by atoms with Crippen molar-refractivity contribution in [1.82, 2.24) is 19.7 Å². The number of hydrogen-bond acceptors (Lipinski definition) is 8. The second-order valence-electron chi connectivity index (χ2n) is 6.32. The number of carbonyl (C=O) groups is 2. The molecule has 0 saturated heterocycles. The predicted molar refractivity (Wildman–Crippen MR) is 113 cm³/mol. The van der Waals surface area contributed by atoms with Gasteiger partial charge in [-0.2, -0.15) is 5.10 Å². The van der Waals surface area contributed by atoms with Crippen LogP contribution in [0.25, 0.3) is 21.6 Å². The van der Waals surface area contributed by atoms with Gasteiger partial charge in [-0.05, 0) is 31.4 Å². The van der Waals surface area contributed by atoms with E-state index < -0.39 is 5.97 Å². The van der Waals surface area contributed by atoms with E-state index in [4.69, 9.17) is 9.72 Å². The average molecular weight is 428 g/mol. The maximum Gasteiger partial charge on any atom is 0.350 e. The molecule has 1 N–H and O–H groups in total. The number of carbonyl (C=O) groups excluding carboxylic acids is 2. The molecular formula is C19H17N5O3S2. The van der Waals surface area contributed by atoms with E-state index in [0.29, 0.717) is 43.7 Å². The van der Waals surface area contributed by atoms with Gasteiger partial charge >= 0.3 is 5.97 Å². The first-order valence-electron chi connectivity index (χ1n) is 8.64. The lowest BCUT2D eigenvalue weighted by Gasteiger charge is -2.07. The van der Waals surface area contributed by atoms with Crippen LogP contribution in [0.1, 0.15) is 31.4 Å². The van der Waals surface area contributed by atoms with Crippen LogP contribution in [0.4, 0.5) is 5.13 Å². The summed E-state index contributed by atoms with van der Waals surface area (Å²) in [5, 5.41) is 10.2. The minimum absolute atomic E-state index is 0.331. The summed E-state index contributed by atoms with van der Waals surface area (Å²) in [5.74, 6) is -0.814. The molecule has 0 bridgehead atoms. The minimum Gasteiger partial charge on any atom is -0.465 e. The van der Waals surface area contributed by atoms with Crippen molar-refractivity contribution < 1.29 is 14.3 Å². The molecule has 0 aliphatic rings. The van der Waals surface area contributed by atoms with Gasteiger partial charge in [0, 0.05) is 7.05 Å². The number of thiazole rings is 1. The molecule has 29 heavy (non-hydrogen) atoms. The summed E-state index contributed by atoms with van der Waals surface area (Å²) in [4.78, 5) is 35.3. The maximum atomic E-state index is 13.1. The fraction of sp³-hybridized carbons (Fsp3) is 0.211. The Bertz CT molecular complexity index is 1240. The maximum absolute atomic E-state index is 13.1. The van der Waals surface area contributed by atoms with Crippen LogP contribution in [-0.2, 0) is 11.8 Å². The molecule has 10 heteroatoms. The molecule has 0 spiro atoms. The predicted octanol–water partition coefficient (Wildman–Crippen LogP) is 3.81. The van der Waals surface area contributed by atoms with E-state index in [1.807, 2.05) is 24.4 Å². The number of thiophene rings is 1. The monoisotopic (exact) mass is 427 g/mol. The number of nitrogens with zero attached hydrogens (tertiary/aromatic N) is 4. The third-order valence-electron chi connectivity index (χ3n) is 4.37. The number of anilines is 1. The molecule has 0 unspecified atom stereocenters. The fourth-order valence-corrected chi connectivity index (χ4v) is 4.64. The molecule has 0 atom stereocenters. The van der Waals surface area contributed by atoms with E-state index in [2.05, 4.69) is 15.4 Å². The molecule has 0 saturated carbocycles. The lowest BCUT2D eigenvalue weighted by atomic mass is 10.1. The lowest BCUT2D eigenvalue weighted by molar-refractivity contribution is 0.0605. The number of pyridine rings is 1. The number of nitrogens with one attached hydrogen (secondary N) is 1. The van der Waals surface area contributed by atoms with Gasteiger partial charge in [-0.25, -0.2) is 14.8 Å². The zero-order valence-corrected chi connectivity index (χ0v) is 17.8. The highest BCUT2D eigenvalue weighted by atomic mass is 32.1. The number of rotatable bonds is 4. The summed E-state index contributed by atoms with van der Waals surface area (Å²) in [6.07, 6.45) is 0. The number of aromatic nitrogens is 4. The van der Waals surface area contributed by atoms with Crippen molar-refractivity contribution in [1.29, 1.82) is 0 Å². The van der Waals surface area contributed by atoms with E-state index in [1.165, 1.54) is 7.11 Å². The van der Waals surface area contributed by atoms with Crippen LogP contribution in [0.3, 0.4) is 0 Å². The van der Waals surface area contributed by atoms with Crippen LogP contribution < -0.4 is 5.32 Å². The van der Waals surface area contributed by atoms with Gasteiger partial charge in [-0.15, -0.1) is 11.3 Å².